The summed E-state index contributed by atoms with van der Waals surface area (Å²) in [6, 6.07) is 2.42. The standard InChI is InChI=1S/C17H30N4/c1-20-15(9-12-19-20)7-8-16(18)17(10-3-4-11-17)21-13-5-2-6-14-21/h9,12,16H,2-8,10-11,13-14,18H2,1H3. The normalized spacial score (nSPS) is 24.3. The van der Waals surface area contributed by atoms with E-state index in [9.17, 15) is 0 Å². The maximum atomic E-state index is 6.74. The van der Waals surface area contributed by atoms with Crippen LogP contribution in [0, 0.1) is 0 Å². The van der Waals surface area contributed by atoms with Crippen LogP contribution in [0.25, 0.3) is 0 Å². The molecule has 118 valence electrons. The fourth-order valence-corrected chi connectivity index (χ4v) is 4.47. The zero-order valence-corrected chi connectivity index (χ0v) is 13.4. The second-order valence-corrected chi connectivity index (χ2v) is 6.95. The predicted octanol–water partition coefficient (Wildman–Crippen LogP) is 2.48. The third kappa shape index (κ3) is 3.02. The molecule has 1 aliphatic heterocycles. The average Bonchev–Trinajstić information content (AvgIpc) is 3.16. The highest BCUT2D eigenvalue weighted by Crippen LogP contribution is 2.40. The van der Waals surface area contributed by atoms with Gasteiger partial charge in [-0.3, -0.25) is 9.58 Å². The molecular formula is C17H30N4. The molecule has 0 radical (unpaired) electrons. The first-order valence-corrected chi connectivity index (χ1v) is 8.70. The van der Waals surface area contributed by atoms with E-state index in [1.807, 2.05) is 17.9 Å². The number of rotatable bonds is 5. The lowest BCUT2D eigenvalue weighted by Crippen LogP contribution is -2.59. The van der Waals surface area contributed by atoms with Gasteiger partial charge in [0.15, 0.2) is 0 Å². The van der Waals surface area contributed by atoms with Crippen molar-refractivity contribution in [3.8, 4) is 0 Å². The van der Waals surface area contributed by atoms with Crippen LogP contribution < -0.4 is 5.73 Å². The largest absolute Gasteiger partial charge is 0.326 e. The Balaban J connectivity index is 1.66. The summed E-state index contributed by atoms with van der Waals surface area (Å²) in [5, 5.41) is 4.26. The van der Waals surface area contributed by atoms with Crippen LogP contribution in [0.4, 0.5) is 0 Å². The number of aromatic nitrogens is 2. The van der Waals surface area contributed by atoms with Gasteiger partial charge in [-0.2, -0.15) is 5.10 Å². The van der Waals surface area contributed by atoms with E-state index in [0.717, 1.165) is 12.8 Å². The van der Waals surface area contributed by atoms with Crippen LogP contribution in [0.3, 0.4) is 0 Å². The van der Waals surface area contributed by atoms with Crippen LogP contribution in [0.1, 0.15) is 57.1 Å². The molecule has 0 amide bonds. The lowest BCUT2D eigenvalue weighted by atomic mass is 9.82. The molecule has 0 aromatic carbocycles. The smallest absolute Gasteiger partial charge is 0.0492 e. The maximum Gasteiger partial charge on any atom is 0.0492 e. The predicted molar refractivity (Wildman–Crippen MR) is 86.1 cm³/mol. The summed E-state index contributed by atoms with van der Waals surface area (Å²) < 4.78 is 1.98. The van der Waals surface area contributed by atoms with Gasteiger partial charge in [0.2, 0.25) is 0 Å². The molecule has 4 heteroatoms. The van der Waals surface area contributed by atoms with Gasteiger partial charge in [-0.15, -0.1) is 0 Å². The molecule has 1 saturated carbocycles. The molecule has 2 fully saturated rings. The molecule has 3 rings (SSSR count). The van der Waals surface area contributed by atoms with Crippen LogP contribution >= 0.6 is 0 Å². The van der Waals surface area contributed by atoms with Crippen molar-refractivity contribution >= 4 is 0 Å². The van der Waals surface area contributed by atoms with Gasteiger partial charge >= 0.3 is 0 Å². The molecule has 1 aliphatic carbocycles. The molecule has 1 saturated heterocycles. The van der Waals surface area contributed by atoms with Crippen molar-refractivity contribution in [1.29, 1.82) is 0 Å². The fraction of sp³-hybridized carbons (Fsp3) is 0.824. The Hall–Kier alpha value is -0.870. The lowest BCUT2D eigenvalue weighted by Gasteiger charge is -2.47. The second kappa shape index (κ2) is 6.49. The van der Waals surface area contributed by atoms with Gasteiger partial charge in [-0.1, -0.05) is 19.3 Å². The number of nitrogens with two attached hydrogens (primary N) is 1. The number of aryl methyl sites for hydroxylation is 2. The summed E-state index contributed by atoms with van der Waals surface area (Å²) in [6.07, 6.45) is 13.5. The van der Waals surface area contributed by atoms with Crippen LogP contribution in [0.15, 0.2) is 12.3 Å². The Morgan fingerprint density at radius 2 is 1.90 bits per heavy atom. The zero-order chi connectivity index (χ0) is 14.7. The van der Waals surface area contributed by atoms with Crippen molar-refractivity contribution in [1.82, 2.24) is 14.7 Å². The molecule has 1 aromatic heterocycles. The van der Waals surface area contributed by atoms with E-state index in [2.05, 4.69) is 16.1 Å². The van der Waals surface area contributed by atoms with E-state index in [1.165, 1.54) is 63.7 Å². The minimum atomic E-state index is 0.291. The summed E-state index contributed by atoms with van der Waals surface area (Å²) in [7, 11) is 2.02. The van der Waals surface area contributed by atoms with Crippen molar-refractivity contribution in [3.63, 3.8) is 0 Å². The minimum absolute atomic E-state index is 0.291. The van der Waals surface area contributed by atoms with Gasteiger partial charge in [0, 0.05) is 30.5 Å². The lowest BCUT2D eigenvalue weighted by molar-refractivity contribution is 0.0457. The molecule has 1 unspecified atom stereocenters. The molecule has 2 heterocycles. The van der Waals surface area contributed by atoms with E-state index in [1.54, 1.807) is 0 Å². The van der Waals surface area contributed by atoms with E-state index >= 15 is 0 Å². The monoisotopic (exact) mass is 290 g/mol. The van der Waals surface area contributed by atoms with Crippen molar-refractivity contribution in [2.45, 2.75) is 69.4 Å². The fourth-order valence-electron chi connectivity index (χ4n) is 4.47. The second-order valence-electron chi connectivity index (χ2n) is 6.95. The molecule has 21 heavy (non-hydrogen) atoms. The number of hydrogen-bond acceptors (Lipinski definition) is 3. The Morgan fingerprint density at radius 3 is 2.52 bits per heavy atom. The van der Waals surface area contributed by atoms with Crippen LogP contribution in [0.2, 0.25) is 0 Å². The molecular weight excluding hydrogens is 260 g/mol. The molecule has 0 spiro atoms. The third-order valence-corrected chi connectivity index (χ3v) is 5.78. The first kappa shape index (κ1) is 15.0. The van der Waals surface area contributed by atoms with Gasteiger partial charge in [0.25, 0.3) is 0 Å². The number of piperidine rings is 1. The van der Waals surface area contributed by atoms with E-state index in [4.69, 9.17) is 5.73 Å². The molecule has 2 aliphatic rings. The van der Waals surface area contributed by atoms with E-state index < -0.39 is 0 Å². The van der Waals surface area contributed by atoms with E-state index in [0.29, 0.717) is 11.6 Å². The first-order valence-electron chi connectivity index (χ1n) is 8.70. The van der Waals surface area contributed by atoms with E-state index in [-0.39, 0.29) is 0 Å². The summed E-state index contributed by atoms with van der Waals surface area (Å²) in [4.78, 5) is 2.75. The van der Waals surface area contributed by atoms with Gasteiger partial charge in [0.05, 0.1) is 0 Å². The van der Waals surface area contributed by atoms with Gasteiger partial charge in [-0.05, 0) is 57.7 Å². The van der Waals surface area contributed by atoms with Crippen molar-refractivity contribution in [2.24, 2.45) is 12.8 Å². The summed E-state index contributed by atoms with van der Waals surface area (Å²) >= 11 is 0. The summed E-state index contributed by atoms with van der Waals surface area (Å²) in [5.74, 6) is 0. The number of nitrogens with zero attached hydrogens (tertiary/aromatic N) is 3. The summed E-state index contributed by atoms with van der Waals surface area (Å²) in [5.41, 5.74) is 8.33. The molecule has 0 bridgehead atoms. The Morgan fingerprint density at radius 1 is 1.19 bits per heavy atom. The molecule has 2 N–H and O–H groups in total. The van der Waals surface area contributed by atoms with Crippen molar-refractivity contribution < 1.29 is 0 Å². The highest BCUT2D eigenvalue weighted by Gasteiger charge is 2.44. The highest BCUT2D eigenvalue weighted by atomic mass is 15.3. The Kier molecular flexibility index (Phi) is 4.65. The van der Waals surface area contributed by atoms with Crippen LogP contribution in [0.5, 0.6) is 0 Å². The quantitative estimate of drug-likeness (QED) is 0.906. The van der Waals surface area contributed by atoms with Crippen molar-refractivity contribution in [3.05, 3.63) is 18.0 Å². The maximum absolute atomic E-state index is 6.74. The molecule has 1 aromatic rings. The SMILES string of the molecule is Cn1nccc1CCC(N)C1(N2CCCCC2)CCCC1. The highest BCUT2D eigenvalue weighted by molar-refractivity contribution is 5.06. The van der Waals surface area contributed by atoms with Crippen molar-refractivity contribution in [2.75, 3.05) is 13.1 Å². The average molecular weight is 290 g/mol. The van der Waals surface area contributed by atoms with Gasteiger partial charge in [-0.25, -0.2) is 0 Å². The Labute approximate surface area is 128 Å². The zero-order valence-electron chi connectivity index (χ0n) is 13.4. The third-order valence-electron chi connectivity index (χ3n) is 5.78. The van der Waals surface area contributed by atoms with Gasteiger partial charge < -0.3 is 5.73 Å². The topological polar surface area (TPSA) is 47.1 Å². The van der Waals surface area contributed by atoms with Crippen LogP contribution in [-0.4, -0.2) is 39.4 Å². The molecule has 1 atom stereocenters. The van der Waals surface area contributed by atoms with Crippen LogP contribution in [-0.2, 0) is 13.5 Å². The Bertz CT molecular complexity index is 441. The molecule has 4 nitrogen and oxygen atoms in total. The number of likely N-dealkylation sites (tertiary alicyclic amines) is 1. The number of hydrogen-bond donors (Lipinski definition) is 1. The summed E-state index contributed by atoms with van der Waals surface area (Å²) in [6.45, 7) is 2.53. The first-order chi connectivity index (χ1) is 10.2. The minimum Gasteiger partial charge on any atom is -0.326 e. The van der Waals surface area contributed by atoms with Gasteiger partial charge in [0.1, 0.15) is 0 Å².